The van der Waals surface area contributed by atoms with Crippen LogP contribution in [0.4, 0.5) is 4.79 Å². The van der Waals surface area contributed by atoms with Crippen molar-refractivity contribution in [2.24, 2.45) is 0 Å². The third-order valence-corrected chi connectivity index (χ3v) is 2.78. The predicted molar refractivity (Wildman–Crippen MR) is 57.5 cm³/mol. The molecule has 86 valence electrons. The molecule has 1 heterocycles. The Morgan fingerprint density at radius 1 is 1.20 bits per heavy atom. The minimum absolute atomic E-state index is 0.220. The lowest BCUT2D eigenvalue weighted by Gasteiger charge is -2.31. The van der Waals surface area contributed by atoms with E-state index >= 15 is 0 Å². The van der Waals surface area contributed by atoms with Crippen molar-refractivity contribution in [3.63, 3.8) is 0 Å². The molecule has 5 heteroatoms. The largest absolute Gasteiger partial charge is 0.341 e. The Bertz CT molecular complexity index is 237. The van der Waals surface area contributed by atoms with E-state index in [0.717, 1.165) is 25.9 Å². The van der Waals surface area contributed by atoms with Gasteiger partial charge in [0.15, 0.2) is 0 Å². The van der Waals surface area contributed by atoms with E-state index in [0.29, 0.717) is 0 Å². The van der Waals surface area contributed by atoms with Gasteiger partial charge >= 0.3 is 6.03 Å². The van der Waals surface area contributed by atoms with Gasteiger partial charge < -0.3 is 5.32 Å². The number of carbonyl (C=O) groups excluding carboxylic acids is 2. The highest BCUT2D eigenvalue weighted by Crippen LogP contribution is 2.11. The zero-order valence-electron chi connectivity index (χ0n) is 9.38. The fourth-order valence-corrected chi connectivity index (χ4v) is 1.75. The van der Waals surface area contributed by atoms with Crippen molar-refractivity contribution >= 4 is 11.9 Å². The number of likely N-dealkylation sites (tertiary alicyclic amines) is 1. The molecule has 2 N–H and O–H groups in total. The molecular weight excluding hydrogens is 194 g/mol. The average molecular weight is 213 g/mol. The molecule has 0 bridgehead atoms. The molecule has 0 saturated carbocycles. The summed E-state index contributed by atoms with van der Waals surface area (Å²) in [5.41, 5.74) is 0. The van der Waals surface area contributed by atoms with Gasteiger partial charge in [0.1, 0.15) is 0 Å². The van der Waals surface area contributed by atoms with Crippen molar-refractivity contribution in [2.45, 2.75) is 32.2 Å². The maximum absolute atomic E-state index is 11.6. The van der Waals surface area contributed by atoms with E-state index in [1.807, 2.05) is 6.92 Å². The zero-order valence-corrected chi connectivity index (χ0v) is 9.38. The van der Waals surface area contributed by atoms with E-state index in [2.05, 4.69) is 15.5 Å². The summed E-state index contributed by atoms with van der Waals surface area (Å²) >= 11 is 0. The fraction of sp³-hybridized carbons (Fsp3) is 0.800. The highest BCUT2D eigenvalue weighted by molar-refractivity contribution is 5.96. The molecule has 0 radical (unpaired) electrons. The van der Waals surface area contributed by atoms with E-state index in [1.54, 1.807) is 0 Å². The van der Waals surface area contributed by atoms with Gasteiger partial charge in [-0.25, -0.2) is 4.79 Å². The number of imide groups is 1. The number of hydrogen-bond acceptors (Lipinski definition) is 3. The van der Waals surface area contributed by atoms with Crippen molar-refractivity contribution in [1.82, 2.24) is 15.5 Å². The highest BCUT2D eigenvalue weighted by Gasteiger charge is 2.23. The van der Waals surface area contributed by atoms with Crippen LogP contribution in [-0.2, 0) is 4.79 Å². The van der Waals surface area contributed by atoms with Gasteiger partial charge in [-0.15, -0.1) is 0 Å². The van der Waals surface area contributed by atoms with E-state index < -0.39 is 6.03 Å². The van der Waals surface area contributed by atoms with Crippen LogP contribution in [0.5, 0.6) is 0 Å². The summed E-state index contributed by atoms with van der Waals surface area (Å²) in [5.74, 6) is -0.226. The second-order valence-corrected chi connectivity index (χ2v) is 3.84. The summed E-state index contributed by atoms with van der Waals surface area (Å²) in [6, 6.07) is -0.661. The Hall–Kier alpha value is -1.10. The van der Waals surface area contributed by atoms with Crippen LogP contribution in [-0.4, -0.2) is 43.0 Å². The Morgan fingerprint density at radius 2 is 1.80 bits per heavy atom. The van der Waals surface area contributed by atoms with E-state index in [4.69, 9.17) is 0 Å². The van der Waals surface area contributed by atoms with Gasteiger partial charge in [-0.2, -0.15) is 0 Å². The van der Waals surface area contributed by atoms with Crippen LogP contribution < -0.4 is 10.6 Å². The lowest BCUT2D eigenvalue weighted by molar-refractivity contribution is -0.125. The quantitative estimate of drug-likeness (QED) is 0.694. The van der Waals surface area contributed by atoms with Crippen LogP contribution in [0.1, 0.15) is 26.2 Å². The molecule has 1 atom stereocenters. The van der Waals surface area contributed by atoms with Crippen LogP contribution in [0.3, 0.4) is 0 Å². The number of nitrogens with zero attached hydrogens (tertiary/aromatic N) is 1. The van der Waals surface area contributed by atoms with Crippen molar-refractivity contribution < 1.29 is 9.59 Å². The average Bonchev–Trinajstić information content (AvgIpc) is 2.29. The molecule has 3 amide bonds. The molecular formula is C10H19N3O2. The minimum Gasteiger partial charge on any atom is -0.341 e. The SMILES string of the molecule is CNC(=O)NC(=O)[C@@H](C)N1CCCCC1. The van der Waals surface area contributed by atoms with Gasteiger partial charge in [0.25, 0.3) is 0 Å². The first kappa shape index (κ1) is 12.0. The molecule has 1 rings (SSSR count). The van der Waals surface area contributed by atoms with Crippen LogP contribution >= 0.6 is 0 Å². The fourth-order valence-electron chi connectivity index (χ4n) is 1.75. The topological polar surface area (TPSA) is 61.4 Å². The van der Waals surface area contributed by atoms with Crippen LogP contribution in [0, 0.1) is 0 Å². The first-order chi connectivity index (χ1) is 7.15. The smallest absolute Gasteiger partial charge is 0.321 e. The Labute approximate surface area is 90.2 Å². The van der Waals surface area contributed by atoms with Gasteiger partial charge in [-0.1, -0.05) is 6.42 Å². The number of hydrogen-bond donors (Lipinski definition) is 2. The lowest BCUT2D eigenvalue weighted by Crippen LogP contribution is -2.50. The summed E-state index contributed by atoms with van der Waals surface area (Å²) in [4.78, 5) is 24.7. The Morgan fingerprint density at radius 3 is 2.33 bits per heavy atom. The summed E-state index contributed by atoms with van der Waals surface area (Å²) < 4.78 is 0. The van der Waals surface area contributed by atoms with Gasteiger partial charge in [-0.05, 0) is 32.9 Å². The maximum atomic E-state index is 11.6. The molecule has 1 aliphatic rings. The van der Waals surface area contributed by atoms with Crippen LogP contribution in [0.25, 0.3) is 0 Å². The van der Waals surface area contributed by atoms with Gasteiger partial charge in [0.05, 0.1) is 6.04 Å². The minimum atomic E-state index is -0.441. The third kappa shape index (κ3) is 3.51. The maximum Gasteiger partial charge on any atom is 0.321 e. The molecule has 0 aromatic carbocycles. The predicted octanol–water partition coefficient (Wildman–Crippen LogP) is 0.316. The van der Waals surface area contributed by atoms with Crippen LogP contribution in [0.15, 0.2) is 0 Å². The molecule has 0 aliphatic carbocycles. The van der Waals surface area contributed by atoms with E-state index in [-0.39, 0.29) is 11.9 Å². The standard InChI is InChI=1S/C10H19N3O2/c1-8(9(14)12-10(15)11-2)13-6-4-3-5-7-13/h8H,3-7H2,1-2H3,(H2,11,12,14,15)/t8-/m1/s1. The number of piperidine rings is 1. The number of nitrogens with one attached hydrogen (secondary N) is 2. The first-order valence-electron chi connectivity index (χ1n) is 5.41. The second kappa shape index (κ2) is 5.70. The molecule has 1 saturated heterocycles. The molecule has 5 nitrogen and oxygen atoms in total. The van der Waals surface area contributed by atoms with Crippen molar-refractivity contribution in [3.8, 4) is 0 Å². The zero-order chi connectivity index (χ0) is 11.3. The summed E-state index contributed by atoms with van der Waals surface area (Å²) in [6.45, 7) is 3.73. The molecule has 15 heavy (non-hydrogen) atoms. The highest BCUT2D eigenvalue weighted by atomic mass is 16.2. The van der Waals surface area contributed by atoms with E-state index in [9.17, 15) is 9.59 Å². The molecule has 0 unspecified atom stereocenters. The lowest BCUT2D eigenvalue weighted by atomic mass is 10.1. The number of rotatable bonds is 2. The van der Waals surface area contributed by atoms with Crippen LogP contribution in [0.2, 0.25) is 0 Å². The second-order valence-electron chi connectivity index (χ2n) is 3.84. The summed E-state index contributed by atoms with van der Waals surface area (Å²) in [6.07, 6.45) is 3.51. The summed E-state index contributed by atoms with van der Waals surface area (Å²) in [5, 5.41) is 4.66. The van der Waals surface area contributed by atoms with Crippen molar-refractivity contribution in [2.75, 3.05) is 20.1 Å². The first-order valence-corrected chi connectivity index (χ1v) is 5.41. The van der Waals surface area contributed by atoms with E-state index in [1.165, 1.54) is 13.5 Å². The van der Waals surface area contributed by atoms with Gasteiger partial charge in [-0.3, -0.25) is 15.0 Å². The Kier molecular flexibility index (Phi) is 4.55. The van der Waals surface area contributed by atoms with Gasteiger partial charge in [0.2, 0.25) is 5.91 Å². The van der Waals surface area contributed by atoms with Crippen molar-refractivity contribution in [3.05, 3.63) is 0 Å². The summed E-state index contributed by atoms with van der Waals surface area (Å²) in [7, 11) is 1.49. The number of amides is 3. The number of urea groups is 1. The van der Waals surface area contributed by atoms with Crippen molar-refractivity contribution in [1.29, 1.82) is 0 Å². The monoisotopic (exact) mass is 213 g/mol. The molecule has 0 aromatic rings. The molecule has 1 fully saturated rings. The Balaban J connectivity index is 2.40. The third-order valence-electron chi connectivity index (χ3n) is 2.78. The normalized spacial score (nSPS) is 19.3. The van der Waals surface area contributed by atoms with Gasteiger partial charge in [0, 0.05) is 7.05 Å². The molecule has 0 aromatic heterocycles. The molecule has 1 aliphatic heterocycles. The molecule has 0 spiro atoms. The number of carbonyl (C=O) groups is 2.